The van der Waals surface area contributed by atoms with Crippen molar-refractivity contribution in [2.75, 3.05) is 18.1 Å². The van der Waals surface area contributed by atoms with Crippen LogP contribution in [0.25, 0.3) is 11.4 Å². The summed E-state index contributed by atoms with van der Waals surface area (Å²) in [6.45, 7) is 2.43. The van der Waals surface area contributed by atoms with Crippen LogP contribution in [0.2, 0.25) is 0 Å². The number of hydrogen-bond acceptors (Lipinski definition) is 6. The number of benzene rings is 1. The highest BCUT2D eigenvalue weighted by Gasteiger charge is 2.16. The van der Waals surface area contributed by atoms with Gasteiger partial charge in [-0.1, -0.05) is 42.1 Å². The molecule has 3 aromatic rings. The van der Waals surface area contributed by atoms with Crippen molar-refractivity contribution in [3.8, 4) is 11.4 Å². The van der Waals surface area contributed by atoms with E-state index in [4.69, 9.17) is 10.3 Å². The molecule has 2 aromatic heterocycles. The van der Waals surface area contributed by atoms with E-state index in [2.05, 4.69) is 15.5 Å². The van der Waals surface area contributed by atoms with Gasteiger partial charge in [-0.15, -0.1) is 10.2 Å². The number of nitrogen functional groups attached to an aromatic ring is 1. The van der Waals surface area contributed by atoms with E-state index in [0.29, 0.717) is 23.3 Å². The van der Waals surface area contributed by atoms with Crippen LogP contribution in [0.4, 0.5) is 0 Å². The van der Waals surface area contributed by atoms with Gasteiger partial charge in [-0.25, -0.2) is 4.68 Å². The lowest BCUT2D eigenvalue weighted by Gasteiger charge is -2.05. The van der Waals surface area contributed by atoms with Crippen LogP contribution < -0.4 is 11.2 Å². The number of furan rings is 1. The number of hydrogen-bond donors (Lipinski definition) is 2. The molecule has 3 rings (SSSR count). The molecule has 0 aliphatic rings. The highest BCUT2D eigenvalue weighted by Crippen LogP contribution is 2.24. The molecule has 25 heavy (non-hydrogen) atoms. The van der Waals surface area contributed by atoms with Gasteiger partial charge in [-0.05, 0) is 25.0 Å². The summed E-state index contributed by atoms with van der Waals surface area (Å²) in [6.07, 6.45) is 2.38. The van der Waals surface area contributed by atoms with Crippen molar-refractivity contribution in [2.45, 2.75) is 18.5 Å². The second-order valence-electron chi connectivity index (χ2n) is 5.44. The average molecular weight is 357 g/mol. The van der Waals surface area contributed by atoms with Crippen molar-refractivity contribution in [1.82, 2.24) is 20.2 Å². The van der Waals surface area contributed by atoms with Crippen LogP contribution >= 0.6 is 11.8 Å². The van der Waals surface area contributed by atoms with Crippen molar-refractivity contribution in [2.24, 2.45) is 0 Å². The van der Waals surface area contributed by atoms with Crippen molar-refractivity contribution >= 4 is 17.7 Å². The molecule has 0 saturated heterocycles. The fourth-order valence-electron chi connectivity index (χ4n) is 2.35. The van der Waals surface area contributed by atoms with Crippen molar-refractivity contribution in [3.05, 3.63) is 54.0 Å². The number of nitrogens with two attached hydrogens (primary N) is 1. The maximum atomic E-state index is 12.0. The maximum Gasteiger partial charge on any atom is 0.230 e. The molecule has 0 spiro atoms. The minimum Gasteiger partial charge on any atom is -0.469 e. The number of aryl methyl sites for hydroxylation is 1. The molecule has 0 unspecified atom stereocenters. The van der Waals surface area contributed by atoms with Crippen LogP contribution in [-0.4, -0.2) is 33.1 Å². The molecule has 0 aliphatic carbocycles. The fourth-order valence-corrected chi connectivity index (χ4v) is 3.03. The van der Waals surface area contributed by atoms with Crippen LogP contribution in [0.15, 0.2) is 52.2 Å². The molecule has 0 saturated carbocycles. The van der Waals surface area contributed by atoms with Crippen molar-refractivity contribution < 1.29 is 9.21 Å². The summed E-state index contributed by atoms with van der Waals surface area (Å²) in [6, 6.07) is 11.8. The number of amides is 1. The van der Waals surface area contributed by atoms with Gasteiger partial charge in [-0.3, -0.25) is 4.79 Å². The third-order valence-electron chi connectivity index (χ3n) is 3.68. The first-order valence-corrected chi connectivity index (χ1v) is 8.82. The number of nitrogens with zero attached hydrogens (tertiary/aromatic N) is 3. The quantitative estimate of drug-likeness (QED) is 0.496. The molecule has 0 aliphatic heterocycles. The summed E-state index contributed by atoms with van der Waals surface area (Å²) in [5.41, 5.74) is 1.98. The molecule has 0 fully saturated rings. The number of rotatable bonds is 7. The normalized spacial score (nSPS) is 10.8. The minimum atomic E-state index is -0.0648. The van der Waals surface area contributed by atoms with Crippen LogP contribution in [-0.2, 0) is 11.2 Å². The largest absolute Gasteiger partial charge is 0.469 e. The lowest BCUT2D eigenvalue weighted by atomic mass is 10.1. The smallest absolute Gasteiger partial charge is 0.230 e. The third kappa shape index (κ3) is 4.21. The van der Waals surface area contributed by atoms with Crippen LogP contribution in [0.1, 0.15) is 11.3 Å². The first kappa shape index (κ1) is 17.1. The Bertz CT molecular complexity index is 844. The second kappa shape index (κ2) is 7.89. The lowest BCUT2D eigenvalue weighted by molar-refractivity contribution is -0.118. The van der Waals surface area contributed by atoms with Gasteiger partial charge in [0.05, 0.1) is 17.6 Å². The molecule has 0 radical (unpaired) electrons. The predicted molar refractivity (Wildman–Crippen MR) is 96.5 cm³/mol. The maximum absolute atomic E-state index is 12.0. The van der Waals surface area contributed by atoms with Gasteiger partial charge in [0, 0.05) is 6.54 Å². The first-order chi connectivity index (χ1) is 12.1. The summed E-state index contributed by atoms with van der Waals surface area (Å²) in [7, 11) is 0. The molecule has 7 nitrogen and oxygen atoms in total. The van der Waals surface area contributed by atoms with E-state index in [-0.39, 0.29) is 11.7 Å². The highest BCUT2D eigenvalue weighted by molar-refractivity contribution is 7.99. The van der Waals surface area contributed by atoms with Gasteiger partial charge < -0.3 is 15.6 Å². The zero-order valence-corrected chi connectivity index (χ0v) is 14.6. The van der Waals surface area contributed by atoms with Crippen LogP contribution in [0.5, 0.6) is 0 Å². The summed E-state index contributed by atoms with van der Waals surface area (Å²) in [5.74, 6) is 7.42. The van der Waals surface area contributed by atoms with Gasteiger partial charge in [0.25, 0.3) is 0 Å². The Morgan fingerprint density at radius 3 is 2.80 bits per heavy atom. The van der Waals surface area contributed by atoms with Gasteiger partial charge in [0.1, 0.15) is 5.76 Å². The third-order valence-corrected chi connectivity index (χ3v) is 4.62. The van der Waals surface area contributed by atoms with Crippen molar-refractivity contribution in [3.63, 3.8) is 0 Å². The molecule has 1 aromatic carbocycles. The summed E-state index contributed by atoms with van der Waals surface area (Å²) >= 11 is 1.25. The number of nitrogens with one attached hydrogen (secondary N) is 1. The van der Waals surface area contributed by atoms with Crippen LogP contribution in [0, 0.1) is 6.92 Å². The topological polar surface area (TPSA) is 99.0 Å². The molecule has 1 amide bonds. The van der Waals surface area contributed by atoms with E-state index in [1.807, 2.05) is 37.3 Å². The van der Waals surface area contributed by atoms with Gasteiger partial charge in [0.15, 0.2) is 5.82 Å². The standard InChI is InChI=1S/C17H19N5O2S/c1-12-14(8-10-24-12)16-20-21-17(22(16)18)25-11-15(23)19-9-7-13-5-3-2-4-6-13/h2-6,8,10H,7,9,11,18H2,1H3,(H,19,23). The van der Waals surface area contributed by atoms with E-state index in [1.165, 1.54) is 22.0 Å². The second-order valence-corrected chi connectivity index (χ2v) is 6.38. The van der Waals surface area contributed by atoms with Gasteiger partial charge in [0.2, 0.25) is 11.1 Å². The van der Waals surface area contributed by atoms with Crippen LogP contribution in [0.3, 0.4) is 0 Å². The van der Waals surface area contributed by atoms with Crippen molar-refractivity contribution in [1.29, 1.82) is 0 Å². The Morgan fingerprint density at radius 1 is 1.28 bits per heavy atom. The van der Waals surface area contributed by atoms with E-state index in [1.54, 1.807) is 12.3 Å². The predicted octanol–water partition coefficient (Wildman–Crippen LogP) is 2.01. The summed E-state index contributed by atoms with van der Waals surface area (Å²) in [4.78, 5) is 12.0. The first-order valence-electron chi connectivity index (χ1n) is 7.83. The Labute approximate surface area is 149 Å². The molecule has 8 heteroatoms. The molecule has 2 heterocycles. The zero-order chi connectivity index (χ0) is 17.6. The van der Waals surface area contributed by atoms with E-state index < -0.39 is 0 Å². The Balaban J connectivity index is 1.49. The molecule has 0 bridgehead atoms. The summed E-state index contributed by atoms with van der Waals surface area (Å²) in [5, 5.41) is 11.5. The molecule has 0 atom stereocenters. The zero-order valence-electron chi connectivity index (χ0n) is 13.8. The highest BCUT2D eigenvalue weighted by atomic mass is 32.2. The van der Waals surface area contributed by atoms with Gasteiger partial charge >= 0.3 is 0 Å². The SMILES string of the molecule is Cc1occc1-c1nnc(SCC(=O)NCCc2ccccc2)n1N. The number of carbonyl (C=O) groups is 1. The Kier molecular flexibility index (Phi) is 5.39. The van der Waals surface area contributed by atoms with E-state index >= 15 is 0 Å². The minimum absolute atomic E-state index is 0.0648. The van der Waals surface area contributed by atoms with E-state index in [0.717, 1.165) is 12.0 Å². The van der Waals surface area contributed by atoms with E-state index in [9.17, 15) is 4.79 Å². The monoisotopic (exact) mass is 357 g/mol. The molecular formula is C17H19N5O2S. The number of aromatic nitrogens is 3. The lowest BCUT2D eigenvalue weighted by Crippen LogP contribution is -2.27. The Hall–Kier alpha value is -2.74. The Morgan fingerprint density at radius 2 is 2.08 bits per heavy atom. The molecule has 130 valence electrons. The summed E-state index contributed by atoms with van der Waals surface area (Å²) < 4.78 is 6.63. The molecular weight excluding hydrogens is 338 g/mol. The fraction of sp³-hybridized carbons (Fsp3) is 0.235. The number of carbonyl (C=O) groups excluding carboxylic acids is 1. The average Bonchev–Trinajstić information content (AvgIpc) is 3.19. The number of thioether (sulfide) groups is 1. The van der Waals surface area contributed by atoms with Gasteiger partial charge in [-0.2, -0.15) is 0 Å². The molecule has 3 N–H and O–H groups in total.